The van der Waals surface area contributed by atoms with Crippen LogP contribution in [0.1, 0.15) is 26.5 Å². The summed E-state index contributed by atoms with van der Waals surface area (Å²) in [6.07, 6.45) is 3.46. The SMILES string of the molecule is COc1ccc(N=Cc2ccccn2)c(OC(C)(C)C)c1. The molecule has 0 aliphatic rings. The zero-order valence-electron chi connectivity index (χ0n) is 12.8. The molecule has 4 nitrogen and oxygen atoms in total. The van der Waals surface area contributed by atoms with Crippen molar-refractivity contribution in [3.63, 3.8) is 0 Å². The second kappa shape index (κ2) is 6.39. The fourth-order valence-corrected chi connectivity index (χ4v) is 1.73. The second-order valence-electron chi connectivity index (χ2n) is 5.56. The predicted molar refractivity (Wildman–Crippen MR) is 84.9 cm³/mol. The number of hydrogen-bond donors (Lipinski definition) is 0. The monoisotopic (exact) mass is 284 g/mol. The van der Waals surface area contributed by atoms with Crippen LogP contribution in [0, 0.1) is 0 Å². The van der Waals surface area contributed by atoms with E-state index >= 15 is 0 Å². The second-order valence-corrected chi connectivity index (χ2v) is 5.56. The Morgan fingerprint density at radius 1 is 1.14 bits per heavy atom. The van der Waals surface area contributed by atoms with Gasteiger partial charge in [-0.15, -0.1) is 0 Å². The van der Waals surface area contributed by atoms with Crippen molar-refractivity contribution in [2.24, 2.45) is 4.99 Å². The van der Waals surface area contributed by atoms with Gasteiger partial charge < -0.3 is 9.47 Å². The zero-order valence-corrected chi connectivity index (χ0v) is 12.8. The molecule has 21 heavy (non-hydrogen) atoms. The van der Waals surface area contributed by atoms with Crippen molar-refractivity contribution in [1.29, 1.82) is 0 Å². The van der Waals surface area contributed by atoms with Crippen molar-refractivity contribution in [3.05, 3.63) is 48.3 Å². The molecule has 0 N–H and O–H groups in total. The third kappa shape index (κ3) is 4.60. The van der Waals surface area contributed by atoms with E-state index in [9.17, 15) is 0 Å². The maximum atomic E-state index is 5.95. The van der Waals surface area contributed by atoms with Gasteiger partial charge in [0, 0.05) is 12.3 Å². The molecular formula is C17H20N2O2. The van der Waals surface area contributed by atoms with Crippen LogP contribution < -0.4 is 9.47 Å². The minimum Gasteiger partial charge on any atom is -0.497 e. The van der Waals surface area contributed by atoms with E-state index in [1.165, 1.54) is 0 Å². The summed E-state index contributed by atoms with van der Waals surface area (Å²) >= 11 is 0. The number of methoxy groups -OCH3 is 1. The van der Waals surface area contributed by atoms with Crippen molar-refractivity contribution < 1.29 is 9.47 Å². The first-order valence-electron chi connectivity index (χ1n) is 6.80. The Labute approximate surface area is 125 Å². The molecule has 0 atom stereocenters. The molecule has 0 aliphatic carbocycles. The predicted octanol–water partition coefficient (Wildman–Crippen LogP) is 4.02. The van der Waals surface area contributed by atoms with Gasteiger partial charge in [0.2, 0.25) is 0 Å². The average molecular weight is 284 g/mol. The molecule has 0 saturated heterocycles. The number of aliphatic imine (C=N–C) groups is 1. The van der Waals surface area contributed by atoms with E-state index in [2.05, 4.69) is 9.98 Å². The van der Waals surface area contributed by atoms with E-state index < -0.39 is 0 Å². The minimum absolute atomic E-state index is 0.304. The Morgan fingerprint density at radius 2 is 1.95 bits per heavy atom. The normalized spacial score (nSPS) is 11.6. The van der Waals surface area contributed by atoms with Crippen LogP contribution in [0.2, 0.25) is 0 Å². The molecular weight excluding hydrogens is 264 g/mol. The molecule has 0 unspecified atom stereocenters. The molecule has 0 saturated carbocycles. The summed E-state index contributed by atoms with van der Waals surface area (Å²) in [6, 6.07) is 11.3. The molecule has 0 aliphatic heterocycles. The van der Waals surface area contributed by atoms with Crippen molar-refractivity contribution in [2.45, 2.75) is 26.4 Å². The molecule has 0 fully saturated rings. The number of hydrogen-bond acceptors (Lipinski definition) is 4. The highest BCUT2D eigenvalue weighted by Crippen LogP contribution is 2.34. The highest BCUT2D eigenvalue weighted by atomic mass is 16.5. The van der Waals surface area contributed by atoms with Crippen LogP contribution in [-0.2, 0) is 0 Å². The lowest BCUT2D eigenvalue weighted by atomic mass is 10.2. The van der Waals surface area contributed by atoms with Gasteiger partial charge >= 0.3 is 0 Å². The highest BCUT2D eigenvalue weighted by molar-refractivity contribution is 5.80. The summed E-state index contributed by atoms with van der Waals surface area (Å²) in [4.78, 5) is 8.68. The van der Waals surface area contributed by atoms with Gasteiger partial charge in [-0.2, -0.15) is 0 Å². The smallest absolute Gasteiger partial charge is 0.149 e. The third-order valence-electron chi connectivity index (χ3n) is 2.61. The fourth-order valence-electron chi connectivity index (χ4n) is 1.73. The van der Waals surface area contributed by atoms with Crippen LogP contribution >= 0.6 is 0 Å². The Kier molecular flexibility index (Phi) is 4.58. The lowest BCUT2D eigenvalue weighted by molar-refractivity contribution is 0.131. The van der Waals surface area contributed by atoms with Gasteiger partial charge in [-0.3, -0.25) is 9.98 Å². The number of ether oxygens (including phenoxy) is 2. The lowest BCUT2D eigenvalue weighted by Crippen LogP contribution is -2.23. The van der Waals surface area contributed by atoms with Crippen molar-refractivity contribution in [2.75, 3.05) is 7.11 Å². The lowest BCUT2D eigenvalue weighted by Gasteiger charge is -2.22. The zero-order chi connectivity index (χ0) is 15.3. The van der Waals surface area contributed by atoms with E-state index in [0.29, 0.717) is 5.75 Å². The molecule has 2 aromatic rings. The number of benzene rings is 1. The van der Waals surface area contributed by atoms with Gasteiger partial charge in [0.05, 0.1) is 19.0 Å². The van der Waals surface area contributed by atoms with E-state index in [0.717, 1.165) is 17.1 Å². The van der Waals surface area contributed by atoms with Crippen molar-refractivity contribution >= 4 is 11.9 Å². The summed E-state index contributed by atoms with van der Waals surface area (Å²) < 4.78 is 11.2. The maximum Gasteiger partial charge on any atom is 0.149 e. The van der Waals surface area contributed by atoms with Crippen LogP contribution in [0.3, 0.4) is 0 Å². The highest BCUT2D eigenvalue weighted by Gasteiger charge is 2.15. The Hall–Kier alpha value is -2.36. The first-order chi connectivity index (χ1) is 9.98. The van der Waals surface area contributed by atoms with Gasteiger partial charge in [0.25, 0.3) is 0 Å². The van der Waals surface area contributed by atoms with E-state index in [1.54, 1.807) is 19.5 Å². The summed E-state index contributed by atoms with van der Waals surface area (Å²) in [6.45, 7) is 6.00. The van der Waals surface area contributed by atoms with Crippen LogP contribution in [0.15, 0.2) is 47.6 Å². The maximum absolute atomic E-state index is 5.95. The molecule has 0 spiro atoms. The van der Waals surface area contributed by atoms with Gasteiger partial charge in [0.15, 0.2) is 0 Å². The standard InChI is InChI=1S/C17H20N2O2/c1-17(2,3)21-16-11-14(20-4)8-9-15(16)19-12-13-7-5-6-10-18-13/h5-12H,1-4H3. The number of pyridine rings is 1. The van der Waals surface area contributed by atoms with Crippen LogP contribution in [0.5, 0.6) is 11.5 Å². The summed E-state index contributed by atoms with van der Waals surface area (Å²) in [5.74, 6) is 1.43. The molecule has 1 heterocycles. The van der Waals surface area contributed by atoms with Crippen molar-refractivity contribution in [3.8, 4) is 11.5 Å². The molecule has 1 aromatic heterocycles. The van der Waals surface area contributed by atoms with Crippen molar-refractivity contribution in [1.82, 2.24) is 4.98 Å². The van der Waals surface area contributed by atoms with E-state index in [1.807, 2.05) is 57.2 Å². The van der Waals surface area contributed by atoms with Crippen LogP contribution in [-0.4, -0.2) is 23.9 Å². The fraction of sp³-hybridized carbons (Fsp3) is 0.294. The molecule has 110 valence electrons. The minimum atomic E-state index is -0.304. The summed E-state index contributed by atoms with van der Waals surface area (Å²) in [5.41, 5.74) is 1.24. The first-order valence-corrected chi connectivity index (χ1v) is 6.80. The largest absolute Gasteiger partial charge is 0.497 e. The Bertz CT molecular complexity index is 616. The average Bonchev–Trinajstić information content (AvgIpc) is 2.45. The Morgan fingerprint density at radius 3 is 2.57 bits per heavy atom. The van der Waals surface area contributed by atoms with E-state index in [4.69, 9.17) is 9.47 Å². The summed E-state index contributed by atoms with van der Waals surface area (Å²) in [5, 5.41) is 0. The molecule has 0 amide bonds. The molecule has 0 radical (unpaired) electrons. The van der Waals surface area contributed by atoms with Crippen LogP contribution in [0.25, 0.3) is 0 Å². The molecule has 2 rings (SSSR count). The third-order valence-corrected chi connectivity index (χ3v) is 2.61. The topological polar surface area (TPSA) is 43.7 Å². The first kappa shape index (κ1) is 15.0. The van der Waals surface area contributed by atoms with Gasteiger partial charge in [-0.05, 0) is 45.0 Å². The molecule has 1 aromatic carbocycles. The number of rotatable bonds is 4. The number of nitrogens with zero attached hydrogens (tertiary/aromatic N) is 2. The number of aromatic nitrogens is 1. The molecule has 4 heteroatoms. The van der Waals surface area contributed by atoms with Gasteiger partial charge in [-0.25, -0.2) is 0 Å². The molecule has 0 bridgehead atoms. The van der Waals surface area contributed by atoms with Crippen LogP contribution in [0.4, 0.5) is 5.69 Å². The van der Waals surface area contributed by atoms with Gasteiger partial charge in [-0.1, -0.05) is 6.07 Å². The quantitative estimate of drug-likeness (QED) is 0.796. The van der Waals surface area contributed by atoms with E-state index in [-0.39, 0.29) is 5.60 Å². The van der Waals surface area contributed by atoms with Gasteiger partial charge in [0.1, 0.15) is 22.8 Å². The Balaban J connectivity index is 2.31. The summed E-state index contributed by atoms with van der Waals surface area (Å²) in [7, 11) is 1.63.